The van der Waals surface area contributed by atoms with Gasteiger partial charge in [0.1, 0.15) is 0 Å². The van der Waals surface area contributed by atoms with Gasteiger partial charge in [-0.3, -0.25) is 4.79 Å². The SMILES string of the molecule is CC(Sc1nnnn1-c1ccccc1)C(=O)N1CCc2sccc2C1. The van der Waals surface area contributed by atoms with Gasteiger partial charge in [-0.2, -0.15) is 4.68 Å². The Morgan fingerprint density at radius 1 is 1.28 bits per heavy atom. The Morgan fingerprint density at radius 3 is 2.96 bits per heavy atom. The number of fused-ring (bicyclic) bond motifs is 1. The van der Waals surface area contributed by atoms with Crippen molar-refractivity contribution in [2.75, 3.05) is 6.54 Å². The number of thioether (sulfide) groups is 1. The molecule has 3 heterocycles. The van der Waals surface area contributed by atoms with Gasteiger partial charge in [0.05, 0.1) is 10.9 Å². The lowest BCUT2D eigenvalue weighted by Crippen LogP contribution is -2.39. The van der Waals surface area contributed by atoms with Crippen LogP contribution in [0.15, 0.2) is 46.9 Å². The quantitative estimate of drug-likeness (QED) is 0.660. The number of nitrogens with zero attached hydrogens (tertiary/aromatic N) is 5. The number of carbonyl (C=O) groups is 1. The summed E-state index contributed by atoms with van der Waals surface area (Å²) >= 11 is 3.17. The van der Waals surface area contributed by atoms with Gasteiger partial charge in [-0.25, -0.2) is 0 Å². The van der Waals surface area contributed by atoms with Gasteiger partial charge in [-0.15, -0.1) is 16.4 Å². The van der Waals surface area contributed by atoms with Gasteiger partial charge < -0.3 is 4.90 Å². The maximum Gasteiger partial charge on any atom is 0.236 e. The molecule has 0 bridgehead atoms. The number of para-hydroxylation sites is 1. The predicted molar refractivity (Wildman–Crippen MR) is 97.9 cm³/mol. The molecule has 25 heavy (non-hydrogen) atoms. The van der Waals surface area contributed by atoms with E-state index in [1.54, 1.807) is 16.0 Å². The van der Waals surface area contributed by atoms with Crippen LogP contribution in [0.5, 0.6) is 0 Å². The van der Waals surface area contributed by atoms with Crippen LogP contribution in [0.4, 0.5) is 0 Å². The van der Waals surface area contributed by atoms with Crippen LogP contribution in [0.2, 0.25) is 0 Å². The molecule has 4 rings (SSSR count). The highest BCUT2D eigenvalue weighted by Gasteiger charge is 2.27. The average Bonchev–Trinajstić information content (AvgIpc) is 3.30. The monoisotopic (exact) mass is 371 g/mol. The number of carbonyl (C=O) groups excluding carboxylic acids is 1. The van der Waals surface area contributed by atoms with Crippen LogP contribution in [0.25, 0.3) is 5.69 Å². The third kappa shape index (κ3) is 3.32. The first-order chi connectivity index (χ1) is 12.2. The summed E-state index contributed by atoms with van der Waals surface area (Å²) in [6.07, 6.45) is 0.942. The fourth-order valence-electron chi connectivity index (χ4n) is 2.89. The molecule has 1 amide bonds. The van der Waals surface area contributed by atoms with Gasteiger partial charge in [0.25, 0.3) is 0 Å². The van der Waals surface area contributed by atoms with E-state index in [-0.39, 0.29) is 11.2 Å². The number of thiophene rings is 1. The first-order valence-corrected chi connectivity index (χ1v) is 9.83. The second-order valence-electron chi connectivity index (χ2n) is 5.85. The van der Waals surface area contributed by atoms with Crippen molar-refractivity contribution in [2.45, 2.75) is 30.3 Å². The van der Waals surface area contributed by atoms with Crippen molar-refractivity contribution >= 4 is 29.0 Å². The highest BCUT2D eigenvalue weighted by Crippen LogP contribution is 2.28. The van der Waals surface area contributed by atoms with Gasteiger partial charge in [-0.1, -0.05) is 30.0 Å². The highest BCUT2D eigenvalue weighted by atomic mass is 32.2. The van der Waals surface area contributed by atoms with Gasteiger partial charge in [-0.05, 0) is 52.9 Å². The second kappa shape index (κ2) is 6.97. The summed E-state index contributed by atoms with van der Waals surface area (Å²) in [7, 11) is 0. The normalized spacial score (nSPS) is 15.0. The van der Waals surface area contributed by atoms with E-state index in [1.807, 2.05) is 42.2 Å². The summed E-state index contributed by atoms with van der Waals surface area (Å²) in [6.45, 7) is 3.40. The molecule has 1 aliphatic heterocycles. The number of aromatic nitrogens is 4. The number of benzene rings is 1. The van der Waals surface area contributed by atoms with E-state index in [9.17, 15) is 4.79 Å². The van der Waals surface area contributed by atoms with E-state index in [0.29, 0.717) is 11.7 Å². The van der Waals surface area contributed by atoms with Crippen LogP contribution < -0.4 is 0 Å². The van der Waals surface area contributed by atoms with Crippen molar-refractivity contribution in [1.82, 2.24) is 25.1 Å². The van der Waals surface area contributed by atoms with Crippen LogP contribution in [0.1, 0.15) is 17.4 Å². The molecule has 1 aliphatic rings. The topological polar surface area (TPSA) is 63.9 Å². The minimum atomic E-state index is -0.242. The zero-order valence-electron chi connectivity index (χ0n) is 13.7. The highest BCUT2D eigenvalue weighted by molar-refractivity contribution is 8.00. The number of amides is 1. The van der Waals surface area contributed by atoms with Crippen LogP contribution in [-0.2, 0) is 17.8 Å². The molecule has 3 aromatic rings. The van der Waals surface area contributed by atoms with E-state index in [2.05, 4.69) is 27.0 Å². The minimum Gasteiger partial charge on any atom is -0.337 e. The molecule has 0 fully saturated rings. The Bertz CT molecular complexity index is 876. The van der Waals surface area contributed by atoms with E-state index in [0.717, 1.165) is 18.7 Å². The smallest absolute Gasteiger partial charge is 0.236 e. The number of hydrogen-bond donors (Lipinski definition) is 0. The molecule has 1 atom stereocenters. The van der Waals surface area contributed by atoms with Gasteiger partial charge in [0.15, 0.2) is 0 Å². The molecule has 1 aromatic carbocycles. The molecule has 8 heteroatoms. The molecule has 0 aliphatic carbocycles. The number of tetrazole rings is 1. The Morgan fingerprint density at radius 2 is 2.12 bits per heavy atom. The van der Waals surface area contributed by atoms with E-state index >= 15 is 0 Å². The Kier molecular flexibility index (Phi) is 4.54. The molecular formula is C17H17N5OS2. The lowest BCUT2D eigenvalue weighted by Gasteiger charge is -2.29. The molecular weight excluding hydrogens is 354 g/mol. The predicted octanol–water partition coefficient (Wildman–Crippen LogP) is 2.79. The van der Waals surface area contributed by atoms with Gasteiger partial charge in [0.2, 0.25) is 11.1 Å². The Balaban J connectivity index is 1.47. The van der Waals surface area contributed by atoms with Crippen LogP contribution in [-0.4, -0.2) is 42.8 Å². The van der Waals surface area contributed by atoms with Crippen molar-refractivity contribution in [2.24, 2.45) is 0 Å². The molecule has 6 nitrogen and oxygen atoms in total. The third-order valence-electron chi connectivity index (χ3n) is 4.19. The standard InChI is InChI=1S/C17H17N5OS2/c1-12(16(23)21-9-7-15-13(11-21)8-10-24-15)25-17-18-19-20-22(17)14-5-3-2-4-6-14/h2-6,8,10,12H,7,9,11H2,1H3. The van der Waals surface area contributed by atoms with Gasteiger partial charge >= 0.3 is 0 Å². The van der Waals surface area contributed by atoms with E-state index < -0.39 is 0 Å². The molecule has 128 valence electrons. The molecule has 1 unspecified atom stereocenters. The maximum atomic E-state index is 12.8. The maximum absolute atomic E-state index is 12.8. The van der Waals surface area contributed by atoms with E-state index in [1.165, 1.54) is 22.2 Å². The molecule has 0 radical (unpaired) electrons. The molecule has 0 saturated heterocycles. The van der Waals surface area contributed by atoms with Crippen LogP contribution >= 0.6 is 23.1 Å². The first-order valence-electron chi connectivity index (χ1n) is 8.07. The molecule has 0 spiro atoms. The van der Waals surface area contributed by atoms with Crippen molar-refractivity contribution in [3.63, 3.8) is 0 Å². The Hall–Kier alpha value is -2.19. The zero-order valence-corrected chi connectivity index (χ0v) is 15.3. The molecule has 2 aromatic heterocycles. The van der Waals surface area contributed by atoms with Crippen molar-refractivity contribution in [3.05, 3.63) is 52.2 Å². The van der Waals surface area contributed by atoms with Gasteiger partial charge in [0, 0.05) is 18.0 Å². The lowest BCUT2D eigenvalue weighted by atomic mass is 10.1. The Labute approximate surface area is 153 Å². The fraction of sp³-hybridized carbons (Fsp3) is 0.294. The van der Waals surface area contributed by atoms with E-state index in [4.69, 9.17) is 0 Å². The summed E-state index contributed by atoms with van der Waals surface area (Å²) in [6, 6.07) is 11.8. The summed E-state index contributed by atoms with van der Waals surface area (Å²) in [5.74, 6) is 0.129. The summed E-state index contributed by atoms with van der Waals surface area (Å²) in [4.78, 5) is 16.2. The summed E-state index contributed by atoms with van der Waals surface area (Å²) in [5, 5.41) is 14.4. The number of hydrogen-bond acceptors (Lipinski definition) is 6. The van der Waals surface area contributed by atoms with Crippen LogP contribution in [0.3, 0.4) is 0 Å². The van der Waals surface area contributed by atoms with Crippen molar-refractivity contribution < 1.29 is 4.79 Å². The van der Waals surface area contributed by atoms with Crippen molar-refractivity contribution in [3.8, 4) is 5.69 Å². The molecule has 0 saturated carbocycles. The average molecular weight is 371 g/mol. The number of rotatable bonds is 4. The first kappa shape index (κ1) is 16.3. The van der Waals surface area contributed by atoms with Crippen LogP contribution in [0, 0.1) is 0 Å². The largest absolute Gasteiger partial charge is 0.337 e. The second-order valence-corrected chi connectivity index (χ2v) is 8.16. The minimum absolute atomic E-state index is 0.129. The molecule has 0 N–H and O–H groups in total. The third-order valence-corrected chi connectivity index (χ3v) is 6.23. The fourth-order valence-corrected chi connectivity index (χ4v) is 4.67. The zero-order chi connectivity index (χ0) is 17.2. The summed E-state index contributed by atoms with van der Waals surface area (Å²) < 4.78 is 1.67. The lowest BCUT2D eigenvalue weighted by molar-refractivity contribution is -0.131. The summed E-state index contributed by atoms with van der Waals surface area (Å²) in [5.41, 5.74) is 2.16. The van der Waals surface area contributed by atoms with Crippen molar-refractivity contribution in [1.29, 1.82) is 0 Å².